The molecule has 0 saturated carbocycles. The fourth-order valence-corrected chi connectivity index (χ4v) is 2.36. The molecule has 1 aliphatic rings. The topological polar surface area (TPSA) is 55.6 Å². The number of benzene rings is 1. The van der Waals surface area contributed by atoms with Crippen LogP contribution in [0.25, 0.3) is 0 Å². The third kappa shape index (κ3) is 4.08. The number of rotatable bonds is 5. The van der Waals surface area contributed by atoms with E-state index in [-0.39, 0.29) is 43.1 Å². The van der Waals surface area contributed by atoms with Gasteiger partial charge in [0, 0.05) is 19.1 Å². The van der Waals surface area contributed by atoms with Gasteiger partial charge in [-0.1, -0.05) is 12.1 Å². The Hall–Kier alpha value is -1.33. The first kappa shape index (κ1) is 16.7. The molecule has 0 bridgehead atoms. The van der Waals surface area contributed by atoms with Crippen molar-refractivity contribution >= 4 is 18.3 Å². The number of halogens is 2. The van der Waals surface area contributed by atoms with Crippen LogP contribution in [0.5, 0.6) is 5.75 Å². The molecule has 0 aromatic heterocycles. The molecule has 1 fully saturated rings. The zero-order chi connectivity index (χ0) is 13.7. The molecule has 1 aromatic rings. The Morgan fingerprint density at radius 2 is 2.20 bits per heavy atom. The maximum atomic E-state index is 13.3. The van der Waals surface area contributed by atoms with E-state index in [1.54, 1.807) is 18.2 Å². The van der Waals surface area contributed by atoms with E-state index in [1.807, 2.05) is 4.90 Å². The zero-order valence-corrected chi connectivity index (χ0v) is 12.1. The minimum absolute atomic E-state index is 0. The third-order valence-corrected chi connectivity index (χ3v) is 3.38. The summed E-state index contributed by atoms with van der Waals surface area (Å²) >= 11 is 0. The second-order valence-electron chi connectivity index (χ2n) is 4.65. The molecule has 1 saturated heterocycles. The van der Waals surface area contributed by atoms with Crippen molar-refractivity contribution in [3.8, 4) is 5.75 Å². The number of nitrogens with zero attached hydrogens (tertiary/aromatic N) is 1. The number of carbonyl (C=O) groups is 1. The quantitative estimate of drug-likeness (QED) is 0.904. The van der Waals surface area contributed by atoms with Crippen molar-refractivity contribution in [3.05, 3.63) is 30.1 Å². The molecule has 1 aromatic carbocycles. The van der Waals surface area contributed by atoms with Crippen molar-refractivity contribution in [1.29, 1.82) is 0 Å². The monoisotopic (exact) mass is 302 g/mol. The molecule has 1 heterocycles. The summed E-state index contributed by atoms with van der Waals surface area (Å²) in [7, 11) is 0. The SMILES string of the molecule is Cl.NCC1CCCN1C(=O)CCOc1ccccc1F. The molecule has 1 unspecified atom stereocenters. The number of hydrogen-bond donors (Lipinski definition) is 1. The lowest BCUT2D eigenvalue weighted by Gasteiger charge is -2.23. The number of amides is 1. The minimum Gasteiger partial charge on any atom is -0.490 e. The highest BCUT2D eigenvalue weighted by atomic mass is 35.5. The maximum Gasteiger partial charge on any atom is 0.226 e. The van der Waals surface area contributed by atoms with Crippen molar-refractivity contribution in [2.75, 3.05) is 19.7 Å². The van der Waals surface area contributed by atoms with Crippen LogP contribution < -0.4 is 10.5 Å². The molecule has 0 spiro atoms. The van der Waals surface area contributed by atoms with Gasteiger partial charge in [0.15, 0.2) is 11.6 Å². The van der Waals surface area contributed by atoms with E-state index in [2.05, 4.69) is 0 Å². The first-order chi connectivity index (χ1) is 9.22. The number of hydrogen-bond acceptors (Lipinski definition) is 3. The number of likely N-dealkylation sites (tertiary alicyclic amines) is 1. The fraction of sp³-hybridized carbons (Fsp3) is 0.500. The average Bonchev–Trinajstić information content (AvgIpc) is 2.89. The molecule has 20 heavy (non-hydrogen) atoms. The van der Waals surface area contributed by atoms with Crippen molar-refractivity contribution < 1.29 is 13.9 Å². The summed E-state index contributed by atoms with van der Waals surface area (Å²) in [6.45, 7) is 1.45. The van der Waals surface area contributed by atoms with Crippen LogP contribution in [0.15, 0.2) is 24.3 Å². The second-order valence-corrected chi connectivity index (χ2v) is 4.65. The van der Waals surface area contributed by atoms with Crippen LogP contribution in [-0.4, -0.2) is 36.5 Å². The number of nitrogens with two attached hydrogens (primary N) is 1. The summed E-state index contributed by atoms with van der Waals surface area (Å²) in [5.41, 5.74) is 5.63. The molecule has 6 heteroatoms. The van der Waals surface area contributed by atoms with Gasteiger partial charge in [0.1, 0.15) is 0 Å². The van der Waals surface area contributed by atoms with E-state index in [1.165, 1.54) is 6.07 Å². The van der Waals surface area contributed by atoms with E-state index in [0.717, 1.165) is 19.4 Å². The Labute approximate surface area is 124 Å². The summed E-state index contributed by atoms with van der Waals surface area (Å²) < 4.78 is 18.6. The highest BCUT2D eigenvalue weighted by Gasteiger charge is 2.27. The van der Waals surface area contributed by atoms with E-state index < -0.39 is 5.82 Å². The summed E-state index contributed by atoms with van der Waals surface area (Å²) in [6, 6.07) is 6.34. The molecule has 0 radical (unpaired) electrons. The van der Waals surface area contributed by atoms with Gasteiger partial charge in [0.05, 0.1) is 13.0 Å². The highest BCUT2D eigenvalue weighted by Crippen LogP contribution is 2.18. The molecule has 1 atom stereocenters. The van der Waals surface area contributed by atoms with Gasteiger partial charge in [-0.05, 0) is 25.0 Å². The van der Waals surface area contributed by atoms with Gasteiger partial charge in [-0.25, -0.2) is 4.39 Å². The number of para-hydroxylation sites is 1. The van der Waals surface area contributed by atoms with Crippen LogP contribution in [0.3, 0.4) is 0 Å². The van der Waals surface area contributed by atoms with Crippen molar-refractivity contribution in [3.63, 3.8) is 0 Å². The highest BCUT2D eigenvalue weighted by molar-refractivity contribution is 5.85. The van der Waals surface area contributed by atoms with Gasteiger partial charge in [-0.2, -0.15) is 0 Å². The van der Waals surface area contributed by atoms with E-state index in [0.29, 0.717) is 6.54 Å². The summed E-state index contributed by atoms with van der Waals surface area (Å²) in [5, 5.41) is 0. The predicted molar refractivity (Wildman–Crippen MR) is 77.5 cm³/mol. The van der Waals surface area contributed by atoms with Gasteiger partial charge in [0.25, 0.3) is 0 Å². The van der Waals surface area contributed by atoms with E-state index >= 15 is 0 Å². The third-order valence-electron chi connectivity index (χ3n) is 3.38. The van der Waals surface area contributed by atoms with Gasteiger partial charge >= 0.3 is 0 Å². The Kier molecular flexibility index (Phi) is 6.75. The molecule has 112 valence electrons. The van der Waals surface area contributed by atoms with Gasteiger partial charge in [-0.3, -0.25) is 4.79 Å². The normalized spacial score (nSPS) is 17.7. The number of carbonyl (C=O) groups excluding carboxylic acids is 1. The number of ether oxygens (including phenoxy) is 1. The Bertz CT molecular complexity index is 445. The van der Waals surface area contributed by atoms with Gasteiger partial charge in [0.2, 0.25) is 5.91 Å². The molecular weight excluding hydrogens is 283 g/mol. The predicted octanol–water partition coefficient (Wildman–Crippen LogP) is 1.97. The fourth-order valence-electron chi connectivity index (χ4n) is 2.36. The van der Waals surface area contributed by atoms with Crippen LogP contribution >= 0.6 is 12.4 Å². The molecule has 4 nitrogen and oxygen atoms in total. The standard InChI is InChI=1S/C14H19FN2O2.ClH/c15-12-5-1-2-6-13(12)19-9-7-14(18)17-8-3-4-11(17)10-16;/h1-2,5-6,11H,3-4,7-10,16H2;1H. The van der Waals surface area contributed by atoms with E-state index in [4.69, 9.17) is 10.5 Å². The van der Waals surface area contributed by atoms with Crippen LogP contribution in [0.2, 0.25) is 0 Å². The average molecular weight is 303 g/mol. The lowest BCUT2D eigenvalue weighted by Crippen LogP contribution is -2.40. The van der Waals surface area contributed by atoms with Crippen molar-refractivity contribution in [2.24, 2.45) is 5.73 Å². The molecule has 2 rings (SSSR count). The molecular formula is C14H20ClFN2O2. The molecule has 1 aliphatic heterocycles. The largest absolute Gasteiger partial charge is 0.490 e. The van der Waals surface area contributed by atoms with Crippen molar-refractivity contribution in [1.82, 2.24) is 4.90 Å². The Morgan fingerprint density at radius 1 is 1.45 bits per heavy atom. The summed E-state index contributed by atoms with van der Waals surface area (Å²) in [5.74, 6) is -0.188. The maximum absolute atomic E-state index is 13.3. The Balaban J connectivity index is 0.00000200. The van der Waals surface area contributed by atoms with Crippen LogP contribution in [0.4, 0.5) is 4.39 Å². The summed E-state index contributed by atoms with van der Waals surface area (Å²) in [4.78, 5) is 13.8. The zero-order valence-electron chi connectivity index (χ0n) is 11.3. The molecule has 1 amide bonds. The smallest absolute Gasteiger partial charge is 0.226 e. The van der Waals surface area contributed by atoms with Crippen LogP contribution in [-0.2, 0) is 4.79 Å². The molecule has 2 N–H and O–H groups in total. The minimum atomic E-state index is -0.407. The second kappa shape index (κ2) is 8.07. The summed E-state index contributed by atoms with van der Waals surface area (Å²) in [6.07, 6.45) is 2.23. The first-order valence-corrected chi connectivity index (χ1v) is 6.59. The van der Waals surface area contributed by atoms with E-state index in [9.17, 15) is 9.18 Å². The Morgan fingerprint density at radius 3 is 2.90 bits per heavy atom. The van der Waals surface area contributed by atoms with Gasteiger partial charge < -0.3 is 15.4 Å². The molecule has 0 aliphatic carbocycles. The van der Waals surface area contributed by atoms with Gasteiger partial charge in [-0.15, -0.1) is 12.4 Å². The van der Waals surface area contributed by atoms with Crippen LogP contribution in [0, 0.1) is 5.82 Å². The van der Waals surface area contributed by atoms with Crippen molar-refractivity contribution in [2.45, 2.75) is 25.3 Å². The first-order valence-electron chi connectivity index (χ1n) is 6.59. The lowest BCUT2D eigenvalue weighted by molar-refractivity contribution is -0.132. The van der Waals surface area contributed by atoms with Crippen LogP contribution in [0.1, 0.15) is 19.3 Å². The lowest BCUT2D eigenvalue weighted by atomic mass is 10.2.